The van der Waals surface area contributed by atoms with Crippen LogP contribution < -0.4 is 5.73 Å². The van der Waals surface area contributed by atoms with Gasteiger partial charge in [-0.25, -0.2) is 0 Å². The van der Waals surface area contributed by atoms with Crippen LogP contribution in [0.3, 0.4) is 0 Å². The number of nitrogens with zero attached hydrogens (tertiary/aromatic N) is 2. The lowest BCUT2D eigenvalue weighted by molar-refractivity contribution is -0.194. The van der Waals surface area contributed by atoms with Crippen molar-refractivity contribution in [2.24, 2.45) is 11.7 Å². The second-order valence-corrected chi connectivity index (χ2v) is 5.92. The lowest BCUT2D eigenvalue weighted by atomic mass is 9.93. The Morgan fingerprint density at radius 2 is 1.71 bits per heavy atom. The van der Waals surface area contributed by atoms with Gasteiger partial charge in [0.1, 0.15) is 0 Å². The predicted octanol–water partition coefficient (Wildman–Crippen LogP) is 1.85. The number of hydrogen-bond donors (Lipinski definition) is 1. The summed E-state index contributed by atoms with van der Waals surface area (Å²) in [5.74, 6) is -0.583. The normalized spacial score (nSPS) is 20.7. The van der Waals surface area contributed by atoms with E-state index in [1.807, 2.05) is 0 Å². The van der Waals surface area contributed by atoms with Gasteiger partial charge < -0.3 is 15.5 Å². The fourth-order valence-corrected chi connectivity index (χ4v) is 2.62. The number of piperidine rings is 1. The topological polar surface area (TPSA) is 49.6 Å². The molecule has 1 fully saturated rings. The molecule has 21 heavy (non-hydrogen) atoms. The van der Waals surface area contributed by atoms with Crippen molar-refractivity contribution in [3.63, 3.8) is 0 Å². The number of carbonyl (C=O) groups is 1. The largest absolute Gasteiger partial charge is 0.415 e. The van der Waals surface area contributed by atoms with Gasteiger partial charge in [-0.1, -0.05) is 13.8 Å². The first-order chi connectivity index (χ1) is 9.63. The van der Waals surface area contributed by atoms with Gasteiger partial charge in [-0.05, 0) is 38.8 Å². The van der Waals surface area contributed by atoms with Crippen molar-refractivity contribution in [1.82, 2.24) is 9.80 Å². The van der Waals surface area contributed by atoms with Crippen molar-refractivity contribution in [3.05, 3.63) is 0 Å². The molecular formula is C14H26F3N3O. The van der Waals surface area contributed by atoms with Gasteiger partial charge in [0.15, 0.2) is 5.54 Å². The van der Waals surface area contributed by atoms with Crippen LogP contribution in [0.4, 0.5) is 13.2 Å². The maximum absolute atomic E-state index is 12.8. The third-order valence-electron chi connectivity index (χ3n) is 4.35. The fraction of sp³-hybridized carbons (Fsp3) is 0.929. The molecule has 1 amide bonds. The standard InChI is InChI=1S/C14H26F3N3O/c1-4-19(5-2)10-11-6-8-20(9-7-11)12(21)13(3,18)14(15,16)17/h11H,4-10,18H2,1-3H3. The van der Waals surface area contributed by atoms with Gasteiger partial charge in [-0.2, -0.15) is 13.2 Å². The van der Waals surface area contributed by atoms with Gasteiger partial charge in [0, 0.05) is 19.6 Å². The molecular weight excluding hydrogens is 283 g/mol. The first-order valence-corrected chi connectivity index (χ1v) is 7.50. The molecule has 124 valence electrons. The Morgan fingerprint density at radius 3 is 2.10 bits per heavy atom. The highest BCUT2D eigenvalue weighted by molar-refractivity contribution is 5.86. The molecule has 1 unspecified atom stereocenters. The molecule has 0 aromatic carbocycles. The third-order valence-corrected chi connectivity index (χ3v) is 4.35. The van der Waals surface area contributed by atoms with Crippen LogP contribution in [0, 0.1) is 5.92 Å². The van der Waals surface area contributed by atoms with Gasteiger partial charge in [-0.3, -0.25) is 4.79 Å². The van der Waals surface area contributed by atoms with E-state index in [1.54, 1.807) is 0 Å². The van der Waals surface area contributed by atoms with Gasteiger partial charge >= 0.3 is 6.18 Å². The average molecular weight is 309 g/mol. The molecule has 2 N–H and O–H groups in total. The van der Waals surface area contributed by atoms with Crippen LogP contribution in [0.1, 0.15) is 33.6 Å². The molecule has 0 radical (unpaired) electrons. The average Bonchev–Trinajstić information content (AvgIpc) is 2.43. The zero-order valence-electron chi connectivity index (χ0n) is 13.0. The van der Waals surface area contributed by atoms with Gasteiger partial charge in [0.25, 0.3) is 5.91 Å². The summed E-state index contributed by atoms with van der Waals surface area (Å²) in [6, 6.07) is 0. The Labute approximate surface area is 124 Å². The molecule has 1 aliphatic heterocycles. The molecule has 1 atom stereocenters. The van der Waals surface area contributed by atoms with Gasteiger partial charge in [0.05, 0.1) is 0 Å². The molecule has 0 spiro atoms. The summed E-state index contributed by atoms with van der Waals surface area (Å²) in [7, 11) is 0. The third kappa shape index (κ3) is 4.32. The highest BCUT2D eigenvalue weighted by Crippen LogP contribution is 2.31. The summed E-state index contributed by atoms with van der Waals surface area (Å²) < 4.78 is 38.4. The summed E-state index contributed by atoms with van der Waals surface area (Å²) in [5, 5.41) is 0. The lowest BCUT2D eigenvalue weighted by Gasteiger charge is -2.38. The number of rotatable bonds is 5. The first kappa shape index (κ1) is 18.2. The molecule has 1 aliphatic rings. The minimum Gasteiger partial charge on any atom is -0.341 e. The van der Waals surface area contributed by atoms with Crippen molar-refractivity contribution >= 4 is 5.91 Å². The van der Waals surface area contributed by atoms with E-state index in [4.69, 9.17) is 5.73 Å². The van der Waals surface area contributed by atoms with E-state index in [1.165, 1.54) is 4.90 Å². The van der Waals surface area contributed by atoms with Crippen LogP contribution in [0.5, 0.6) is 0 Å². The van der Waals surface area contributed by atoms with E-state index in [2.05, 4.69) is 18.7 Å². The van der Waals surface area contributed by atoms with Crippen LogP contribution in [0.25, 0.3) is 0 Å². The Kier molecular flexibility index (Phi) is 6.04. The second kappa shape index (κ2) is 6.96. The summed E-state index contributed by atoms with van der Waals surface area (Å²) in [6.45, 7) is 8.50. The Hall–Kier alpha value is -0.820. The van der Waals surface area contributed by atoms with E-state index >= 15 is 0 Å². The zero-order valence-corrected chi connectivity index (χ0v) is 13.0. The van der Waals surface area contributed by atoms with Crippen LogP contribution in [-0.2, 0) is 4.79 Å². The predicted molar refractivity (Wildman–Crippen MR) is 75.7 cm³/mol. The lowest BCUT2D eigenvalue weighted by Crippen LogP contribution is -2.63. The van der Waals surface area contributed by atoms with Crippen LogP contribution in [0.2, 0.25) is 0 Å². The van der Waals surface area contributed by atoms with Crippen molar-refractivity contribution < 1.29 is 18.0 Å². The SMILES string of the molecule is CCN(CC)CC1CCN(C(=O)C(C)(N)C(F)(F)F)CC1. The highest BCUT2D eigenvalue weighted by atomic mass is 19.4. The molecule has 0 bridgehead atoms. The number of nitrogens with two attached hydrogens (primary N) is 1. The molecule has 0 aliphatic carbocycles. The van der Waals surface area contributed by atoms with Crippen molar-refractivity contribution in [2.45, 2.75) is 45.3 Å². The van der Waals surface area contributed by atoms with Crippen LogP contribution in [0.15, 0.2) is 0 Å². The van der Waals surface area contributed by atoms with E-state index in [9.17, 15) is 18.0 Å². The summed E-state index contributed by atoms with van der Waals surface area (Å²) in [6.07, 6.45) is -3.26. The summed E-state index contributed by atoms with van der Waals surface area (Å²) >= 11 is 0. The molecule has 7 heteroatoms. The monoisotopic (exact) mass is 309 g/mol. The Balaban J connectivity index is 2.55. The number of hydrogen-bond acceptors (Lipinski definition) is 3. The first-order valence-electron chi connectivity index (χ1n) is 7.50. The summed E-state index contributed by atoms with van der Waals surface area (Å²) in [4.78, 5) is 15.5. The van der Waals surface area contributed by atoms with Crippen molar-refractivity contribution in [2.75, 3.05) is 32.7 Å². The number of carbonyl (C=O) groups excluding carboxylic acids is 1. The van der Waals surface area contributed by atoms with Crippen LogP contribution >= 0.6 is 0 Å². The van der Waals surface area contributed by atoms with E-state index in [0.717, 1.165) is 39.4 Å². The molecule has 0 aromatic rings. The molecule has 1 rings (SSSR count). The number of amides is 1. The maximum Gasteiger partial charge on any atom is 0.415 e. The minimum atomic E-state index is -4.72. The van der Waals surface area contributed by atoms with E-state index in [-0.39, 0.29) is 0 Å². The van der Waals surface area contributed by atoms with E-state index < -0.39 is 17.6 Å². The molecule has 1 saturated heterocycles. The Morgan fingerprint density at radius 1 is 1.24 bits per heavy atom. The number of likely N-dealkylation sites (tertiary alicyclic amines) is 1. The van der Waals surface area contributed by atoms with Crippen LogP contribution in [-0.4, -0.2) is 60.1 Å². The zero-order chi connectivity index (χ0) is 16.3. The van der Waals surface area contributed by atoms with Crippen molar-refractivity contribution in [3.8, 4) is 0 Å². The fourth-order valence-electron chi connectivity index (χ4n) is 2.62. The number of alkyl halides is 3. The molecule has 4 nitrogen and oxygen atoms in total. The second-order valence-electron chi connectivity index (χ2n) is 5.92. The summed E-state index contributed by atoms with van der Waals surface area (Å²) in [5.41, 5.74) is 2.41. The Bertz CT molecular complexity index is 346. The maximum atomic E-state index is 12.8. The van der Waals surface area contributed by atoms with E-state index in [0.29, 0.717) is 19.0 Å². The minimum absolute atomic E-state index is 0.355. The van der Waals surface area contributed by atoms with Crippen molar-refractivity contribution in [1.29, 1.82) is 0 Å². The highest BCUT2D eigenvalue weighted by Gasteiger charge is 2.55. The molecule has 0 saturated carbocycles. The van der Waals surface area contributed by atoms with Gasteiger partial charge in [-0.15, -0.1) is 0 Å². The molecule has 0 aromatic heterocycles. The quantitative estimate of drug-likeness (QED) is 0.843. The molecule has 1 heterocycles. The number of halogens is 3. The van der Waals surface area contributed by atoms with Gasteiger partial charge in [0.2, 0.25) is 0 Å². The smallest absolute Gasteiger partial charge is 0.341 e.